The van der Waals surface area contributed by atoms with Gasteiger partial charge in [0.05, 0.1) is 10.7 Å². The van der Waals surface area contributed by atoms with Crippen molar-refractivity contribution in [1.82, 2.24) is 15.6 Å². The summed E-state index contributed by atoms with van der Waals surface area (Å²) in [4.78, 5) is 16.6. The molecular weight excluding hydrogens is 306 g/mol. The molecule has 1 aromatic carbocycles. The molecule has 1 aliphatic heterocycles. The van der Waals surface area contributed by atoms with Crippen LogP contribution in [0.15, 0.2) is 29.6 Å². The van der Waals surface area contributed by atoms with Crippen LogP contribution >= 0.6 is 11.3 Å². The Morgan fingerprint density at radius 3 is 2.70 bits per heavy atom. The van der Waals surface area contributed by atoms with E-state index < -0.39 is 0 Å². The second-order valence-corrected chi connectivity index (χ2v) is 7.08. The number of thiazole rings is 1. The number of piperidine rings is 1. The number of rotatable bonds is 5. The van der Waals surface area contributed by atoms with Crippen LogP contribution < -0.4 is 10.6 Å². The Bertz CT molecular complexity index is 645. The number of aryl methyl sites for hydroxylation is 1. The van der Waals surface area contributed by atoms with E-state index in [1.165, 1.54) is 5.56 Å². The summed E-state index contributed by atoms with van der Waals surface area (Å²) in [5.74, 6) is 0.396. The van der Waals surface area contributed by atoms with Crippen molar-refractivity contribution in [2.45, 2.75) is 26.2 Å². The van der Waals surface area contributed by atoms with Gasteiger partial charge in [-0.05, 0) is 44.8 Å². The minimum Gasteiger partial charge on any atom is -0.356 e. The Morgan fingerprint density at radius 1 is 1.30 bits per heavy atom. The van der Waals surface area contributed by atoms with E-state index >= 15 is 0 Å². The van der Waals surface area contributed by atoms with Crippen molar-refractivity contribution < 1.29 is 4.79 Å². The lowest BCUT2D eigenvalue weighted by molar-refractivity contribution is -0.125. The van der Waals surface area contributed by atoms with Gasteiger partial charge in [-0.15, -0.1) is 11.3 Å². The van der Waals surface area contributed by atoms with Gasteiger partial charge in [-0.2, -0.15) is 0 Å². The minimum atomic E-state index is 0.187. The van der Waals surface area contributed by atoms with Crippen LogP contribution in [0, 0.1) is 12.8 Å². The molecule has 1 aromatic heterocycles. The van der Waals surface area contributed by atoms with E-state index in [0.29, 0.717) is 6.54 Å². The summed E-state index contributed by atoms with van der Waals surface area (Å²) in [6.07, 6.45) is 2.77. The van der Waals surface area contributed by atoms with Crippen molar-refractivity contribution in [1.29, 1.82) is 0 Å². The zero-order chi connectivity index (χ0) is 16.1. The Labute approximate surface area is 141 Å². The number of hydrogen-bond acceptors (Lipinski definition) is 4. The topological polar surface area (TPSA) is 54.0 Å². The first-order valence-electron chi connectivity index (χ1n) is 8.22. The Morgan fingerprint density at radius 2 is 2.04 bits per heavy atom. The smallest absolute Gasteiger partial charge is 0.223 e. The molecule has 3 rings (SSSR count). The second-order valence-electron chi connectivity index (χ2n) is 6.01. The summed E-state index contributed by atoms with van der Waals surface area (Å²) in [5, 5.41) is 9.54. The number of nitrogens with zero attached hydrogens (tertiary/aromatic N) is 1. The van der Waals surface area contributed by atoms with E-state index in [4.69, 9.17) is 0 Å². The fourth-order valence-corrected chi connectivity index (χ4v) is 3.52. The first-order valence-corrected chi connectivity index (χ1v) is 9.10. The van der Waals surface area contributed by atoms with Crippen molar-refractivity contribution in [2.75, 3.05) is 19.6 Å². The van der Waals surface area contributed by atoms with Gasteiger partial charge < -0.3 is 10.6 Å². The first kappa shape index (κ1) is 16.1. The number of carbonyl (C=O) groups excluding carboxylic acids is 1. The Hall–Kier alpha value is -1.72. The van der Waals surface area contributed by atoms with E-state index in [9.17, 15) is 4.79 Å². The largest absolute Gasteiger partial charge is 0.356 e. The molecule has 0 radical (unpaired) electrons. The SMILES string of the molecule is Cc1nc(-c2ccc(CCNC(=O)C3CCNCC3)cc2)cs1. The first-order chi connectivity index (χ1) is 11.2. The third-order valence-electron chi connectivity index (χ3n) is 4.29. The Kier molecular flexibility index (Phi) is 5.41. The average Bonchev–Trinajstić information content (AvgIpc) is 3.03. The highest BCUT2D eigenvalue weighted by Gasteiger charge is 2.20. The molecule has 2 heterocycles. The zero-order valence-electron chi connectivity index (χ0n) is 13.5. The molecule has 2 aromatic rings. The number of benzene rings is 1. The fourth-order valence-electron chi connectivity index (χ4n) is 2.90. The average molecular weight is 329 g/mol. The molecule has 4 nitrogen and oxygen atoms in total. The molecule has 0 atom stereocenters. The van der Waals surface area contributed by atoms with Crippen molar-refractivity contribution in [3.8, 4) is 11.3 Å². The van der Waals surface area contributed by atoms with Gasteiger partial charge in [0.1, 0.15) is 0 Å². The minimum absolute atomic E-state index is 0.187. The molecule has 5 heteroatoms. The van der Waals surface area contributed by atoms with Gasteiger partial charge in [0.15, 0.2) is 0 Å². The standard InChI is InChI=1S/C18H23N3OS/c1-13-21-17(12-23-13)15-4-2-14(3-5-15)6-11-20-18(22)16-7-9-19-10-8-16/h2-5,12,16,19H,6-11H2,1H3,(H,20,22). The van der Waals surface area contributed by atoms with E-state index in [1.54, 1.807) is 11.3 Å². The molecule has 0 saturated carbocycles. The van der Waals surface area contributed by atoms with Gasteiger partial charge in [-0.3, -0.25) is 4.79 Å². The third kappa shape index (κ3) is 4.39. The molecule has 0 spiro atoms. The molecule has 1 saturated heterocycles. The number of hydrogen-bond donors (Lipinski definition) is 2. The maximum atomic E-state index is 12.1. The summed E-state index contributed by atoms with van der Waals surface area (Å²) in [6.45, 7) is 4.64. The maximum absolute atomic E-state index is 12.1. The van der Waals surface area contributed by atoms with Crippen LogP contribution in [0.1, 0.15) is 23.4 Å². The molecule has 2 N–H and O–H groups in total. The highest BCUT2D eigenvalue weighted by atomic mass is 32.1. The quantitative estimate of drug-likeness (QED) is 0.887. The van der Waals surface area contributed by atoms with Crippen molar-refractivity contribution in [3.05, 3.63) is 40.2 Å². The number of carbonyl (C=O) groups is 1. The lowest BCUT2D eigenvalue weighted by Gasteiger charge is -2.21. The van der Waals surface area contributed by atoms with Gasteiger partial charge in [0.2, 0.25) is 5.91 Å². The van der Waals surface area contributed by atoms with Gasteiger partial charge >= 0.3 is 0 Å². The Balaban J connectivity index is 1.48. The van der Waals surface area contributed by atoms with Crippen molar-refractivity contribution in [3.63, 3.8) is 0 Å². The van der Waals surface area contributed by atoms with Crippen LogP contribution in [0.2, 0.25) is 0 Å². The van der Waals surface area contributed by atoms with E-state index in [1.807, 2.05) is 6.92 Å². The summed E-state index contributed by atoms with van der Waals surface area (Å²) in [5.41, 5.74) is 3.43. The summed E-state index contributed by atoms with van der Waals surface area (Å²) in [6, 6.07) is 8.47. The van der Waals surface area contributed by atoms with Crippen molar-refractivity contribution in [2.24, 2.45) is 5.92 Å². The predicted octanol–water partition coefficient (Wildman–Crippen LogP) is 2.78. The maximum Gasteiger partial charge on any atom is 0.223 e. The van der Waals surface area contributed by atoms with Crippen LogP contribution in [0.25, 0.3) is 11.3 Å². The second kappa shape index (κ2) is 7.70. The highest BCUT2D eigenvalue weighted by molar-refractivity contribution is 7.09. The van der Waals surface area contributed by atoms with Gasteiger partial charge in [-0.1, -0.05) is 24.3 Å². The molecule has 122 valence electrons. The summed E-state index contributed by atoms with van der Waals surface area (Å²) in [7, 11) is 0. The lowest BCUT2D eigenvalue weighted by Crippen LogP contribution is -2.38. The highest BCUT2D eigenvalue weighted by Crippen LogP contribution is 2.21. The van der Waals surface area contributed by atoms with Gasteiger partial charge in [0, 0.05) is 23.4 Å². The van der Waals surface area contributed by atoms with Gasteiger partial charge in [-0.25, -0.2) is 4.98 Å². The number of nitrogens with one attached hydrogen (secondary N) is 2. The van der Waals surface area contributed by atoms with Crippen LogP contribution in [0.5, 0.6) is 0 Å². The van der Waals surface area contributed by atoms with E-state index in [-0.39, 0.29) is 11.8 Å². The third-order valence-corrected chi connectivity index (χ3v) is 5.07. The summed E-state index contributed by atoms with van der Waals surface area (Å²) < 4.78 is 0. The molecule has 0 bridgehead atoms. The predicted molar refractivity (Wildman–Crippen MR) is 94.6 cm³/mol. The summed E-state index contributed by atoms with van der Waals surface area (Å²) >= 11 is 1.67. The van der Waals surface area contributed by atoms with E-state index in [2.05, 4.69) is 45.3 Å². The lowest BCUT2D eigenvalue weighted by atomic mass is 9.97. The molecule has 1 fully saturated rings. The van der Waals surface area contributed by atoms with Crippen LogP contribution in [-0.2, 0) is 11.2 Å². The van der Waals surface area contributed by atoms with Crippen LogP contribution in [0.3, 0.4) is 0 Å². The van der Waals surface area contributed by atoms with Crippen molar-refractivity contribution >= 4 is 17.2 Å². The fraction of sp³-hybridized carbons (Fsp3) is 0.444. The number of aromatic nitrogens is 1. The van der Waals surface area contributed by atoms with Crippen LogP contribution in [-0.4, -0.2) is 30.5 Å². The van der Waals surface area contributed by atoms with Crippen LogP contribution in [0.4, 0.5) is 0 Å². The normalized spacial score (nSPS) is 15.5. The molecule has 0 aliphatic carbocycles. The van der Waals surface area contributed by atoms with Gasteiger partial charge in [0.25, 0.3) is 0 Å². The number of amides is 1. The van der Waals surface area contributed by atoms with E-state index in [0.717, 1.165) is 48.6 Å². The monoisotopic (exact) mass is 329 g/mol. The molecule has 1 aliphatic rings. The zero-order valence-corrected chi connectivity index (χ0v) is 14.3. The molecule has 23 heavy (non-hydrogen) atoms. The molecular formula is C18H23N3OS. The molecule has 1 amide bonds. The molecule has 0 unspecified atom stereocenters.